The molecule has 0 spiro atoms. The Hall–Kier alpha value is -1.43. The number of carbonyl (C=O) groups excluding carboxylic acids is 1. The number of amides is 1. The van der Waals surface area contributed by atoms with Gasteiger partial charge in [0, 0.05) is 16.8 Å². The Morgan fingerprint density at radius 1 is 1.29 bits per heavy atom. The van der Waals surface area contributed by atoms with Gasteiger partial charge in [-0.3, -0.25) is 4.79 Å². The van der Waals surface area contributed by atoms with Gasteiger partial charge in [-0.15, -0.1) is 0 Å². The summed E-state index contributed by atoms with van der Waals surface area (Å²) in [5.74, 6) is -0.341. The molecule has 118 valence electrons. The van der Waals surface area contributed by atoms with Crippen LogP contribution in [0.2, 0.25) is 5.02 Å². The Labute approximate surface area is 126 Å². The molecule has 1 amide bonds. The predicted molar refractivity (Wildman–Crippen MR) is 77.5 cm³/mol. The number of nitrogens with one attached hydrogen (secondary N) is 2. The number of anilines is 1. The van der Waals surface area contributed by atoms with Gasteiger partial charge in [0.15, 0.2) is 0 Å². The molecule has 0 saturated heterocycles. The zero-order valence-corrected chi connectivity index (χ0v) is 12.6. The maximum absolute atomic E-state index is 12.9. The Morgan fingerprint density at radius 2 is 1.90 bits per heavy atom. The SMILES string of the molecule is CCC(CC)NC(=O)CNc1ccc(Cl)cc1C(F)(F)F. The van der Waals surface area contributed by atoms with Crippen molar-refractivity contribution in [1.82, 2.24) is 5.32 Å². The van der Waals surface area contributed by atoms with E-state index in [4.69, 9.17) is 11.6 Å². The van der Waals surface area contributed by atoms with E-state index < -0.39 is 11.7 Å². The van der Waals surface area contributed by atoms with Crippen molar-refractivity contribution in [1.29, 1.82) is 0 Å². The van der Waals surface area contributed by atoms with Gasteiger partial charge in [-0.1, -0.05) is 25.4 Å². The van der Waals surface area contributed by atoms with Crippen LogP contribution in [0.5, 0.6) is 0 Å². The first-order valence-electron chi connectivity index (χ1n) is 6.67. The number of hydrogen-bond donors (Lipinski definition) is 2. The van der Waals surface area contributed by atoms with Gasteiger partial charge in [-0.2, -0.15) is 13.2 Å². The van der Waals surface area contributed by atoms with Crippen LogP contribution in [0.25, 0.3) is 0 Å². The van der Waals surface area contributed by atoms with E-state index in [9.17, 15) is 18.0 Å². The third-order valence-corrected chi connectivity index (χ3v) is 3.31. The minimum atomic E-state index is -4.53. The van der Waals surface area contributed by atoms with Gasteiger partial charge in [-0.05, 0) is 31.0 Å². The number of hydrogen-bond acceptors (Lipinski definition) is 2. The van der Waals surface area contributed by atoms with E-state index in [-0.39, 0.29) is 29.2 Å². The fraction of sp³-hybridized carbons (Fsp3) is 0.500. The highest BCUT2D eigenvalue weighted by molar-refractivity contribution is 6.30. The average Bonchev–Trinajstić information content (AvgIpc) is 2.42. The second-order valence-electron chi connectivity index (χ2n) is 4.62. The van der Waals surface area contributed by atoms with E-state index >= 15 is 0 Å². The monoisotopic (exact) mass is 322 g/mol. The lowest BCUT2D eigenvalue weighted by Crippen LogP contribution is -2.37. The van der Waals surface area contributed by atoms with Crippen LogP contribution in [-0.2, 0) is 11.0 Å². The molecule has 2 N–H and O–H groups in total. The van der Waals surface area contributed by atoms with Crippen LogP contribution in [0.15, 0.2) is 18.2 Å². The molecule has 0 bridgehead atoms. The van der Waals surface area contributed by atoms with Crippen LogP contribution in [0.1, 0.15) is 32.3 Å². The van der Waals surface area contributed by atoms with Crippen LogP contribution in [-0.4, -0.2) is 18.5 Å². The molecule has 7 heteroatoms. The summed E-state index contributed by atoms with van der Waals surface area (Å²) in [7, 11) is 0. The second-order valence-corrected chi connectivity index (χ2v) is 5.06. The summed E-state index contributed by atoms with van der Waals surface area (Å²) in [5.41, 5.74) is -1.04. The van der Waals surface area contributed by atoms with E-state index in [0.717, 1.165) is 18.9 Å². The van der Waals surface area contributed by atoms with E-state index in [1.54, 1.807) is 0 Å². The molecule has 0 radical (unpaired) electrons. The molecular weight excluding hydrogens is 305 g/mol. The number of halogens is 4. The van der Waals surface area contributed by atoms with Crippen LogP contribution < -0.4 is 10.6 Å². The lowest BCUT2D eigenvalue weighted by atomic mass is 10.1. The first kappa shape index (κ1) is 17.6. The molecule has 1 rings (SSSR count). The van der Waals surface area contributed by atoms with Gasteiger partial charge < -0.3 is 10.6 Å². The Morgan fingerprint density at radius 3 is 2.43 bits per heavy atom. The summed E-state index contributed by atoms with van der Waals surface area (Å²) >= 11 is 5.58. The first-order chi connectivity index (χ1) is 9.77. The van der Waals surface area contributed by atoms with Crippen molar-refractivity contribution >= 4 is 23.2 Å². The molecule has 0 aliphatic rings. The van der Waals surface area contributed by atoms with Crippen LogP contribution in [0, 0.1) is 0 Å². The second kappa shape index (κ2) is 7.54. The average molecular weight is 323 g/mol. The normalized spacial score (nSPS) is 11.6. The summed E-state index contributed by atoms with van der Waals surface area (Å²) in [6.07, 6.45) is -2.98. The minimum absolute atomic E-state index is 0.00523. The van der Waals surface area contributed by atoms with Crippen molar-refractivity contribution in [2.24, 2.45) is 0 Å². The predicted octanol–water partition coefficient (Wildman–Crippen LogP) is 4.08. The molecule has 0 saturated carbocycles. The van der Waals surface area contributed by atoms with Gasteiger partial charge in [0.2, 0.25) is 5.91 Å². The zero-order chi connectivity index (χ0) is 16.0. The minimum Gasteiger partial charge on any atom is -0.376 e. The Balaban J connectivity index is 2.74. The van der Waals surface area contributed by atoms with Gasteiger partial charge in [0.1, 0.15) is 0 Å². The maximum atomic E-state index is 12.9. The molecule has 0 aliphatic heterocycles. The van der Waals surface area contributed by atoms with E-state index in [1.165, 1.54) is 12.1 Å². The van der Waals surface area contributed by atoms with Gasteiger partial charge in [0.05, 0.1) is 12.1 Å². The van der Waals surface area contributed by atoms with Crippen molar-refractivity contribution in [3.8, 4) is 0 Å². The molecule has 0 unspecified atom stereocenters. The van der Waals surface area contributed by atoms with Gasteiger partial charge in [0.25, 0.3) is 0 Å². The van der Waals surface area contributed by atoms with Gasteiger partial charge in [-0.25, -0.2) is 0 Å². The quantitative estimate of drug-likeness (QED) is 0.828. The maximum Gasteiger partial charge on any atom is 0.418 e. The third-order valence-electron chi connectivity index (χ3n) is 3.08. The molecule has 21 heavy (non-hydrogen) atoms. The molecule has 0 fully saturated rings. The number of carbonyl (C=O) groups is 1. The largest absolute Gasteiger partial charge is 0.418 e. The van der Waals surface area contributed by atoms with Crippen molar-refractivity contribution in [3.63, 3.8) is 0 Å². The summed E-state index contributed by atoms with van der Waals surface area (Å²) in [6, 6.07) is 3.43. The Bertz CT molecular complexity index is 488. The fourth-order valence-corrected chi connectivity index (χ4v) is 2.02. The van der Waals surface area contributed by atoms with E-state index in [1.807, 2.05) is 13.8 Å². The molecule has 0 aromatic heterocycles. The number of rotatable bonds is 6. The molecule has 0 aliphatic carbocycles. The third kappa shape index (κ3) is 5.46. The van der Waals surface area contributed by atoms with Crippen molar-refractivity contribution in [2.45, 2.75) is 38.9 Å². The van der Waals surface area contributed by atoms with Crippen LogP contribution >= 0.6 is 11.6 Å². The van der Waals surface area contributed by atoms with Gasteiger partial charge >= 0.3 is 6.18 Å². The summed E-state index contributed by atoms with van der Waals surface area (Å²) < 4.78 is 38.6. The lowest BCUT2D eigenvalue weighted by molar-refractivity contribution is -0.137. The molecule has 0 atom stereocenters. The fourth-order valence-electron chi connectivity index (χ4n) is 1.85. The first-order valence-corrected chi connectivity index (χ1v) is 7.05. The van der Waals surface area contributed by atoms with Crippen molar-refractivity contribution in [2.75, 3.05) is 11.9 Å². The molecule has 3 nitrogen and oxygen atoms in total. The summed E-state index contributed by atoms with van der Waals surface area (Å²) in [6.45, 7) is 3.65. The molecule has 1 aromatic carbocycles. The Kier molecular flexibility index (Phi) is 6.33. The highest BCUT2D eigenvalue weighted by Gasteiger charge is 2.33. The molecule has 1 aromatic rings. The summed E-state index contributed by atoms with van der Waals surface area (Å²) in [5, 5.41) is 5.25. The topological polar surface area (TPSA) is 41.1 Å². The van der Waals surface area contributed by atoms with Crippen LogP contribution in [0.4, 0.5) is 18.9 Å². The van der Waals surface area contributed by atoms with E-state index in [0.29, 0.717) is 0 Å². The highest BCUT2D eigenvalue weighted by Crippen LogP contribution is 2.36. The van der Waals surface area contributed by atoms with Crippen LogP contribution in [0.3, 0.4) is 0 Å². The number of benzene rings is 1. The lowest BCUT2D eigenvalue weighted by Gasteiger charge is -2.17. The summed E-state index contributed by atoms with van der Waals surface area (Å²) in [4.78, 5) is 11.7. The molecule has 0 heterocycles. The zero-order valence-electron chi connectivity index (χ0n) is 11.9. The standard InChI is InChI=1S/C14H18ClF3N2O/c1-3-10(4-2)20-13(21)8-19-12-6-5-9(15)7-11(12)14(16,17)18/h5-7,10,19H,3-4,8H2,1-2H3,(H,20,21). The highest BCUT2D eigenvalue weighted by atomic mass is 35.5. The van der Waals surface area contributed by atoms with Crippen molar-refractivity contribution < 1.29 is 18.0 Å². The smallest absolute Gasteiger partial charge is 0.376 e. The van der Waals surface area contributed by atoms with E-state index in [2.05, 4.69) is 10.6 Å². The molecular formula is C14H18ClF3N2O. The van der Waals surface area contributed by atoms with Crippen molar-refractivity contribution in [3.05, 3.63) is 28.8 Å². The number of alkyl halides is 3.